The van der Waals surface area contributed by atoms with E-state index in [1.54, 1.807) is 38.1 Å². The van der Waals surface area contributed by atoms with Gasteiger partial charge in [-0.25, -0.2) is 4.79 Å². The average molecular weight is 547 g/mol. The quantitative estimate of drug-likeness (QED) is 0.236. The number of carbonyl (C=O) groups excluding carboxylic acids is 2. The minimum absolute atomic E-state index is 0.0137. The molecule has 0 saturated carbocycles. The first-order valence-electron chi connectivity index (χ1n) is 11.4. The molecular weight excluding hydrogens is 523 g/mol. The third-order valence-corrected chi connectivity index (χ3v) is 5.79. The van der Waals surface area contributed by atoms with E-state index >= 15 is 0 Å². The molecule has 0 saturated heterocycles. The highest BCUT2D eigenvalue weighted by molar-refractivity contribution is 6.35. The van der Waals surface area contributed by atoms with Crippen molar-refractivity contribution in [2.75, 3.05) is 5.32 Å². The predicted molar refractivity (Wildman–Crippen MR) is 152 cm³/mol. The number of aromatic carboxylic acids is 1. The number of carbonyl (C=O) groups is 3. The van der Waals surface area contributed by atoms with E-state index in [2.05, 4.69) is 16.6 Å². The number of halogens is 2. The van der Waals surface area contributed by atoms with Gasteiger partial charge in [-0.1, -0.05) is 77.7 Å². The van der Waals surface area contributed by atoms with Gasteiger partial charge in [0.2, 0.25) is 0 Å². The fourth-order valence-corrected chi connectivity index (χ4v) is 3.99. The van der Waals surface area contributed by atoms with Crippen LogP contribution < -0.4 is 10.6 Å². The van der Waals surface area contributed by atoms with Gasteiger partial charge in [-0.05, 0) is 55.6 Å². The second-order valence-corrected chi connectivity index (χ2v) is 9.59. The van der Waals surface area contributed by atoms with Crippen LogP contribution >= 0.6 is 23.2 Å². The van der Waals surface area contributed by atoms with Crippen molar-refractivity contribution in [1.29, 1.82) is 0 Å². The Bertz CT molecular complexity index is 1530. The molecule has 3 N–H and O–H groups in total. The Kier molecular flexibility index (Phi) is 9.14. The van der Waals surface area contributed by atoms with Crippen LogP contribution in [0.2, 0.25) is 10.0 Å². The second kappa shape index (κ2) is 12.3. The van der Waals surface area contributed by atoms with Gasteiger partial charge in [0, 0.05) is 26.7 Å². The molecule has 0 aliphatic carbocycles. The molecule has 6 nitrogen and oxygen atoms in total. The number of hydrogen-bond acceptors (Lipinski definition) is 3. The molecule has 0 heterocycles. The van der Waals surface area contributed by atoms with Gasteiger partial charge in [0.05, 0.1) is 16.7 Å². The van der Waals surface area contributed by atoms with Crippen molar-refractivity contribution < 1.29 is 19.5 Å². The molecule has 4 rings (SSSR count). The molecule has 0 aromatic heterocycles. The SMILES string of the molecule is C#CC(C)(C)NC(=O)c1cc(Cl)cc(Cl)c1.O=C(O)c1ccccc1C(=O)Nc1cccc2ccccc12. The molecular formula is C30H24Cl2N2O4. The van der Waals surface area contributed by atoms with Crippen LogP contribution in [0.1, 0.15) is 44.9 Å². The first-order chi connectivity index (χ1) is 18.0. The molecule has 38 heavy (non-hydrogen) atoms. The zero-order valence-corrected chi connectivity index (χ0v) is 22.1. The van der Waals surface area contributed by atoms with Gasteiger partial charge < -0.3 is 15.7 Å². The fourth-order valence-electron chi connectivity index (χ4n) is 3.47. The van der Waals surface area contributed by atoms with Gasteiger partial charge in [0.25, 0.3) is 11.8 Å². The largest absolute Gasteiger partial charge is 0.478 e. The summed E-state index contributed by atoms with van der Waals surface area (Å²) in [6.45, 7) is 3.47. The number of benzene rings is 4. The third-order valence-electron chi connectivity index (χ3n) is 5.35. The molecule has 0 fully saturated rings. The lowest BCUT2D eigenvalue weighted by Crippen LogP contribution is -2.42. The van der Waals surface area contributed by atoms with Crippen LogP contribution in [0.25, 0.3) is 10.8 Å². The monoisotopic (exact) mass is 546 g/mol. The molecule has 0 radical (unpaired) electrons. The van der Waals surface area contributed by atoms with Crippen molar-refractivity contribution in [3.63, 3.8) is 0 Å². The molecule has 0 spiro atoms. The van der Waals surface area contributed by atoms with Crippen LogP contribution in [0.3, 0.4) is 0 Å². The summed E-state index contributed by atoms with van der Waals surface area (Å²) in [6.07, 6.45) is 5.28. The van der Waals surface area contributed by atoms with Crippen LogP contribution in [0.5, 0.6) is 0 Å². The first-order valence-corrected chi connectivity index (χ1v) is 12.1. The lowest BCUT2D eigenvalue weighted by molar-refractivity contribution is 0.0692. The van der Waals surface area contributed by atoms with Crippen molar-refractivity contribution in [3.8, 4) is 12.3 Å². The number of fused-ring (bicyclic) bond motifs is 1. The van der Waals surface area contributed by atoms with E-state index < -0.39 is 17.4 Å². The zero-order chi connectivity index (χ0) is 27.9. The summed E-state index contributed by atoms with van der Waals surface area (Å²) in [5, 5.41) is 17.4. The topological polar surface area (TPSA) is 95.5 Å². The number of anilines is 1. The van der Waals surface area contributed by atoms with Crippen LogP contribution in [-0.4, -0.2) is 28.4 Å². The first kappa shape index (κ1) is 28.3. The lowest BCUT2D eigenvalue weighted by atomic mass is 10.1. The highest BCUT2D eigenvalue weighted by Gasteiger charge is 2.19. The van der Waals surface area contributed by atoms with Crippen molar-refractivity contribution in [1.82, 2.24) is 5.32 Å². The molecule has 4 aromatic rings. The zero-order valence-electron chi connectivity index (χ0n) is 20.6. The molecule has 0 aliphatic rings. The van der Waals surface area contributed by atoms with E-state index in [9.17, 15) is 19.5 Å². The van der Waals surface area contributed by atoms with E-state index in [1.165, 1.54) is 24.3 Å². The van der Waals surface area contributed by atoms with Crippen LogP contribution in [0, 0.1) is 12.3 Å². The average Bonchev–Trinajstić information content (AvgIpc) is 2.88. The van der Waals surface area contributed by atoms with Gasteiger partial charge in [-0.15, -0.1) is 6.42 Å². The van der Waals surface area contributed by atoms with Crippen molar-refractivity contribution in [3.05, 3.63) is 112 Å². The minimum Gasteiger partial charge on any atom is -0.478 e. The maximum atomic E-state index is 12.4. The Morgan fingerprint density at radius 2 is 1.39 bits per heavy atom. The molecule has 0 atom stereocenters. The number of nitrogens with one attached hydrogen (secondary N) is 2. The predicted octanol–water partition coefficient (Wildman–Crippen LogP) is 6.93. The van der Waals surface area contributed by atoms with Gasteiger partial charge >= 0.3 is 5.97 Å². The molecule has 0 bridgehead atoms. The summed E-state index contributed by atoms with van der Waals surface area (Å²) in [5.41, 5.74) is 0.471. The Morgan fingerprint density at radius 1 is 0.816 bits per heavy atom. The second-order valence-electron chi connectivity index (χ2n) is 8.71. The fraction of sp³-hybridized carbons (Fsp3) is 0.100. The maximum Gasteiger partial charge on any atom is 0.336 e. The van der Waals surface area contributed by atoms with Gasteiger partial charge in [0.15, 0.2) is 0 Å². The van der Waals surface area contributed by atoms with Gasteiger partial charge in [-0.2, -0.15) is 0 Å². The van der Waals surface area contributed by atoms with Gasteiger partial charge in [-0.3, -0.25) is 9.59 Å². The van der Waals surface area contributed by atoms with E-state index in [0.29, 0.717) is 21.3 Å². The normalized spacial score (nSPS) is 10.5. The molecule has 4 aromatic carbocycles. The number of carboxylic acid groups (broad SMARTS) is 1. The van der Waals surface area contributed by atoms with E-state index in [1.807, 2.05) is 36.4 Å². The van der Waals surface area contributed by atoms with E-state index in [4.69, 9.17) is 29.6 Å². The summed E-state index contributed by atoms with van der Waals surface area (Å²) in [5.74, 6) is 0.617. The summed E-state index contributed by atoms with van der Waals surface area (Å²) >= 11 is 11.6. The molecule has 0 unspecified atom stereocenters. The minimum atomic E-state index is -1.12. The number of hydrogen-bond donors (Lipinski definition) is 3. The van der Waals surface area contributed by atoms with Crippen molar-refractivity contribution in [2.45, 2.75) is 19.4 Å². The number of amides is 2. The smallest absolute Gasteiger partial charge is 0.336 e. The Balaban J connectivity index is 0.000000223. The number of terminal acetylenes is 1. The van der Waals surface area contributed by atoms with Gasteiger partial charge in [0.1, 0.15) is 0 Å². The lowest BCUT2D eigenvalue weighted by Gasteiger charge is -2.19. The summed E-state index contributed by atoms with van der Waals surface area (Å²) in [4.78, 5) is 35.4. The van der Waals surface area contributed by atoms with Crippen molar-refractivity contribution >= 4 is 57.4 Å². The van der Waals surface area contributed by atoms with Crippen LogP contribution in [0.15, 0.2) is 84.9 Å². The maximum absolute atomic E-state index is 12.4. The Morgan fingerprint density at radius 3 is 2.03 bits per heavy atom. The molecule has 0 aliphatic heterocycles. The Labute approximate surface area is 230 Å². The molecule has 192 valence electrons. The number of carboxylic acids is 1. The molecule has 2 amide bonds. The number of rotatable bonds is 5. The van der Waals surface area contributed by atoms with Crippen LogP contribution in [-0.2, 0) is 0 Å². The van der Waals surface area contributed by atoms with E-state index in [0.717, 1.165) is 10.8 Å². The van der Waals surface area contributed by atoms with E-state index in [-0.39, 0.29) is 17.0 Å². The summed E-state index contributed by atoms with van der Waals surface area (Å²) in [6, 6.07) is 24.1. The summed E-state index contributed by atoms with van der Waals surface area (Å²) in [7, 11) is 0. The highest BCUT2D eigenvalue weighted by Crippen LogP contribution is 2.24. The molecule has 8 heteroatoms. The van der Waals surface area contributed by atoms with Crippen LogP contribution in [0.4, 0.5) is 5.69 Å². The standard InChI is InChI=1S/C18H13NO3.C12H11Cl2NO/c20-17(14-9-3-4-10-15(14)18(21)22)19-16-11-5-7-12-6-1-2-8-13(12)16;1-4-12(2,3)15-11(16)8-5-9(13)7-10(14)6-8/h1-11H,(H,19,20)(H,21,22);1,5-7H,2-3H3,(H,15,16). The highest BCUT2D eigenvalue weighted by atomic mass is 35.5. The van der Waals surface area contributed by atoms with Crippen molar-refractivity contribution in [2.24, 2.45) is 0 Å². The Hall–Kier alpha value is -4.31. The summed E-state index contributed by atoms with van der Waals surface area (Å²) < 4.78 is 0. The third kappa shape index (κ3) is 7.36.